The summed E-state index contributed by atoms with van der Waals surface area (Å²) < 4.78 is 19.5. The summed E-state index contributed by atoms with van der Waals surface area (Å²) in [5, 5.41) is 9.27. The Bertz CT molecular complexity index is 796. The summed E-state index contributed by atoms with van der Waals surface area (Å²) in [7, 11) is 1.52. The summed E-state index contributed by atoms with van der Waals surface area (Å²) in [6, 6.07) is 6.70. The topological polar surface area (TPSA) is 71.7 Å². The van der Waals surface area contributed by atoms with Crippen LogP contribution in [-0.2, 0) is 12.8 Å². The number of rotatable bonds is 6. The molecule has 0 saturated heterocycles. The van der Waals surface area contributed by atoms with Crippen LogP contribution in [0.5, 0.6) is 5.75 Å². The number of halogens is 1. The Balaban J connectivity index is 2.55. The zero-order valence-corrected chi connectivity index (χ0v) is 15.3. The van der Waals surface area contributed by atoms with Crippen LogP contribution < -0.4 is 4.74 Å². The number of hydrogen-bond donors (Lipinski definition) is 0. The molecule has 5 nitrogen and oxygen atoms in total. The minimum Gasteiger partial charge on any atom is -0.497 e. The van der Waals surface area contributed by atoms with Crippen LogP contribution in [0.15, 0.2) is 18.2 Å². The number of nitrogens with zero attached hydrogens (tertiary/aromatic N) is 4. The van der Waals surface area contributed by atoms with Gasteiger partial charge in [-0.3, -0.25) is 0 Å². The van der Waals surface area contributed by atoms with Gasteiger partial charge in [-0.2, -0.15) is 5.26 Å². The van der Waals surface area contributed by atoms with Crippen molar-refractivity contribution in [3.05, 3.63) is 35.7 Å². The highest BCUT2D eigenvalue weighted by molar-refractivity contribution is 5.58. The van der Waals surface area contributed by atoms with Gasteiger partial charge in [0.05, 0.1) is 24.2 Å². The van der Waals surface area contributed by atoms with Crippen LogP contribution in [0.1, 0.15) is 39.3 Å². The van der Waals surface area contributed by atoms with Gasteiger partial charge >= 0.3 is 0 Å². The second-order valence-corrected chi connectivity index (χ2v) is 7.11. The molecule has 0 aliphatic rings. The third kappa shape index (κ3) is 4.96. The molecule has 6 heteroatoms. The fourth-order valence-electron chi connectivity index (χ4n) is 2.36. The first kappa shape index (κ1) is 18.8. The Hall–Kier alpha value is -2.55. The molecule has 0 atom stereocenters. The Morgan fingerprint density at radius 3 is 2.48 bits per heavy atom. The maximum absolute atomic E-state index is 14.3. The Kier molecular flexibility index (Phi) is 5.68. The SMILES string of the molecule is COc1ccc(F)c(-c2nc(CC(C)C)nc(CC(C)(C)C#N)n2)c1. The van der Waals surface area contributed by atoms with Crippen LogP contribution in [0.25, 0.3) is 11.4 Å². The molecule has 1 heterocycles. The lowest BCUT2D eigenvalue weighted by Crippen LogP contribution is -2.17. The molecular weight excluding hydrogens is 319 g/mol. The van der Waals surface area contributed by atoms with Crippen molar-refractivity contribution in [3.63, 3.8) is 0 Å². The summed E-state index contributed by atoms with van der Waals surface area (Å²) >= 11 is 0. The van der Waals surface area contributed by atoms with Gasteiger partial charge in [0.25, 0.3) is 0 Å². The molecule has 2 aromatic rings. The molecule has 0 unspecified atom stereocenters. The van der Waals surface area contributed by atoms with E-state index in [1.54, 1.807) is 12.1 Å². The molecule has 0 aliphatic heterocycles. The van der Waals surface area contributed by atoms with E-state index in [0.717, 1.165) is 0 Å². The van der Waals surface area contributed by atoms with Crippen molar-refractivity contribution in [2.24, 2.45) is 11.3 Å². The number of aromatic nitrogens is 3. The highest BCUT2D eigenvalue weighted by Gasteiger charge is 2.22. The fourth-order valence-corrected chi connectivity index (χ4v) is 2.36. The fraction of sp³-hybridized carbons (Fsp3) is 0.474. The van der Waals surface area contributed by atoms with E-state index >= 15 is 0 Å². The summed E-state index contributed by atoms with van der Waals surface area (Å²) in [4.78, 5) is 13.3. The van der Waals surface area contributed by atoms with Crippen molar-refractivity contribution < 1.29 is 9.13 Å². The predicted molar refractivity (Wildman–Crippen MR) is 93.4 cm³/mol. The van der Waals surface area contributed by atoms with Crippen molar-refractivity contribution >= 4 is 0 Å². The molecule has 1 aromatic carbocycles. The first-order valence-corrected chi connectivity index (χ1v) is 8.23. The lowest BCUT2D eigenvalue weighted by Gasteiger charge is -2.15. The summed E-state index contributed by atoms with van der Waals surface area (Å²) in [5.74, 6) is 1.82. The molecule has 0 N–H and O–H groups in total. The number of methoxy groups -OCH3 is 1. The molecule has 0 bridgehead atoms. The van der Waals surface area contributed by atoms with Gasteiger partial charge < -0.3 is 4.74 Å². The number of nitriles is 1. The minimum atomic E-state index is -0.610. The molecule has 0 saturated carbocycles. The molecule has 132 valence electrons. The molecule has 25 heavy (non-hydrogen) atoms. The largest absolute Gasteiger partial charge is 0.497 e. The van der Waals surface area contributed by atoms with Crippen molar-refractivity contribution in [3.8, 4) is 23.2 Å². The van der Waals surface area contributed by atoms with Crippen LogP contribution >= 0.6 is 0 Å². The third-order valence-electron chi connectivity index (χ3n) is 3.64. The molecular formula is C19H23FN4O. The Morgan fingerprint density at radius 1 is 1.20 bits per heavy atom. The van der Waals surface area contributed by atoms with E-state index < -0.39 is 11.2 Å². The molecule has 0 radical (unpaired) electrons. The number of ether oxygens (including phenoxy) is 1. The first-order chi connectivity index (χ1) is 11.7. The van der Waals surface area contributed by atoms with E-state index in [-0.39, 0.29) is 11.4 Å². The van der Waals surface area contributed by atoms with E-state index in [9.17, 15) is 9.65 Å². The van der Waals surface area contributed by atoms with Gasteiger partial charge in [-0.1, -0.05) is 13.8 Å². The zero-order chi connectivity index (χ0) is 18.6. The van der Waals surface area contributed by atoms with Gasteiger partial charge in [-0.25, -0.2) is 19.3 Å². The van der Waals surface area contributed by atoms with Crippen molar-refractivity contribution in [1.29, 1.82) is 5.26 Å². The molecule has 0 amide bonds. The maximum atomic E-state index is 14.3. The van der Waals surface area contributed by atoms with Gasteiger partial charge in [0.15, 0.2) is 5.82 Å². The highest BCUT2D eigenvalue weighted by atomic mass is 19.1. The lowest BCUT2D eigenvalue weighted by molar-refractivity contribution is 0.414. The standard InChI is InChI=1S/C19H23FN4O/c1-12(2)8-16-22-17(10-19(3,4)11-21)24-18(23-16)14-9-13(25-5)6-7-15(14)20/h6-7,9,12H,8,10H2,1-5H3. The van der Waals surface area contributed by atoms with Crippen molar-refractivity contribution in [2.45, 2.75) is 40.5 Å². The van der Waals surface area contributed by atoms with Gasteiger partial charge in [-0.05, 0) is 38.0 Å². The van der Waals surface area contributed by atoms with E-state index in [4.69, 9.17) is 4.74 Å². The third-order valence-corrected chi connectivity index (χ3v) is 3.64. The van der Waals surface area contributed by atoms with Crippen LogP contribution in [0.2, 0.25) is 0 Å². The van der Waals surface area contributed by atoms with E-state index in [0.29, 0.717) is 36.2 Å². The number of hydrogen-bond acceptors (Lipinski definition) is 5. The second-order valence-electron chi connectivity index (χ2n) is 7.11. The monoisotopic (exact) mass is 342 g/mol. The molecule has 2 rings (SSSR count). The van der Waals surface area contributed by atoms with Crippen LogP contribution in [0, 0.1) is 28.5 Å². The van der Waals surface area contributed by atoms with Crippen LogP contribution in [0.4, 0.5) is 4.39 Å². The molecule has 0 aliphatic carbocycles. The van der Waals surface area contributed by atoms with Gasteiger partial charge in [0.1, 0.15) is 23.2 Å². The van der Waals surface area contributed by atoms with E-state index in [1.165, 1.54) is 13.2 Å². The average Bonchev–Trinajstić information content (AvgIpc) is 2.54. The molecule has 1 aromatic heterocycles. The van der Waals surface area contributed by atoms with Crippen LogP contribution in [0.3, 0.4) is 0 Å². The molecule has 0 fully saturated rings. The highest BCUT2D eigenvalue weighted by Crippen LogP contribution is 2.26. The van der Waals surface area contributed by atoms with E-state index in [2.05, 4.69) is 34.9 Å². The first-order valence-electron chi connectivity index (χ1n) is 8.23. The van der Waals surface area contributed by atoms with Gasteiger partial charge in [-0.15, -0.1) is 0 Å². The smallest absolute Gasteiger partial charge is 0.166 e. The number of benzene rings is 1. The van der Waals surface area contributed by atoms with Gasteiger partial charge in [0.2, 0.25) is 0 Å². The summed E-state index contributed by atoms with van der Waals surface area (Å²) in [6.07, 6.45) is 1.02. The maximum Gasteiger partial charge on any atom is 0.166 e. The lowest BCUT2D eigenvalue weighted by atomic mass is 9.91. The minimum absolute atomic E-state index is 0.266. The van der Waals surface area contributed by atoms with Crippen molar-refractivity contribution in [2.75, 3.05) is 7.11 Å². The summed E-state index contributed by atoms with van der Waals surface area (Å²) in [6.45, 7) is 7.78. The van der Waals surface area contributed by atoms with Crippen LogP contribution in [-0.4, -0.2) is 22.1 Å². The molecule has 0 spiro atoms. The van der Waals surface area contributed by atoms with Crippen molar-refractivity contribution in [1.82, 2.24) is 15.0 Å². The quantitative estimate of drug-likeness (QED) is 0.794. The average molecular weight is 342 g/mol. The Morgan fingerprint density at radius 2 is 1.88 bits per heavy atom. The van der Waals surface area contributed by atoms with E-state index in [1.807, 2.05) is 13.8 Å². The predicted octanol–water partition coefficient (Wildman–Crippen LogP) is 3.98. The van der Waals surface area contributed by atoms with Gasteiger partial charge in [0, 0.05) is 12.8 Å². The second kappa shape index (κ2) is 7.56. The Labute approximate surface area is 147 Å². The normalized spacial score (nSPS) is 11.4. The zero-order valence-electron chi connectivity index (χ0n) is 15.3. The summed E-state index contributed by atoms with van der Waals surface area (Å²) in [5.41, 5.74) is -0.344.